The molecule has 13 heteroatoms. The zero-order chi connectivity index (χ0) is 20.5. The first-order valence-electron chi connectivity index (χ1n) is 8.52. The Bertz CT molecular complexity index is 989. The fourth-order valence-corrected chi connectivity index (χ4v) is 6.12. The topological polar surface area (TPSA) is 130 Å². The highest BCUT2D eigenvalue weighted by molar-refractivity contribution is 8.01. The highest BCUT2D eigenvalue weighted by Gasteiger charge is 2.54. The lowest BCUT2D eigenvalue weighted by molar-refractivity contribution is -0.150. The number of hydrogen-bond donors (Lipinski definition) is 2. The number of rotatable bonds is 7. The Morgan fingerprint density at radius 1 is 1.45 bits per heavy atom. The van der Waals surface area contributed by atoms with Crippen LogP contribution in [0.25, 0.3) is 0 Å². The maximum Gasteiger partial charge on any atom is 0.352 e. The molecular weight excluding hydrogens is 436 g/mol. The number of amides is 2. The average molecular weight is 453 g/mol. The Hall–Kier alpha value is -2.38. The van der Waals surface area contributed by atoms with Gasteiger partial charge in [0.05, 0.1) is 6.42 Å². The molecule has 10 nitrogen and oxygen atoms in total. The summed E-state index contributed by atoms with van der Waals surface area (Å²) in [6.07, 6.45) is 0.202. The van der Waals surface area contributed by atoms with E-state index in [1.165, 1.54) is 44.4 Å². The number of aliphatic carboxylic acids is 1. The number of carboxylic acids is 1. The van der Waals surface area contributed by atoms with Crippen LogP contribution in [0.1, 0.15) is 4.88 Å². The summed E-state index contributed by atoms with van der Waals surface area (Å²) >= 11 is 4.23. The highest BCUT2D eigenvalue weighted by atomic mass is 32.2. The van der Waals surface area contributed by atoms with Gasteiger partial charge in [0, 0.05) is 23.4 Å². The van der Waals surface area contributed by atoms with Crippen LogP contribution in [0.15, 0.2) is 33.9 Å². The molecule has 4 heterocycles. The summed E-state index contributed by atoms with van der Waals surface area (Å²) in [6, 6.07) is 3.01. The molecule has 29 heavy (non-hydrogen) atoms. The Balaban J connectivity index is 1.45. The third-order valence-electron chi connectivity index (χ3n) is 4.44. The van der Waals surface area contributed by atoms with Crippen LogP contribution >= 0.6 is 34.9 Å². The normalized spacial score (nSPS) is 21.0. The number of fused-ring (bicyclic) bond motifs is 1. The molecule has 152 valence electrons. The van der Waals surface area contributed by atoms with E-state index in [0.29, 0.717) is 22.2 Å². The number of aryl methyl sites for hydroxylation is 1. The largest absolute Gasteiger partial charge is 0.477 e. The first-order valence-corrected chi connectivity index (χ1v) is 11.4. The van der Waals surface area contributed by atoms with Crippen LogP contribution in [-0.2, 0) is 27.9 Å². The monoisotopic (exact) mass is 452 g/mol. The van der Waals surface area contributed by atoms with E-state index in [1.807, 2.05) is 17.5 Å². The molecule has 0 bridgehead atoms. The van der Waals surface area contributed by atoms with Crippen LogP contribution in [-0.4, -0.2) is 70.9 Å². The zero-order valence-corrected chi connectivity index (χ0v) is 17.6. The van der Waals surface area contributed by atoms with Gasteiger partial charge in [-0.05, 0) is 27.4 Å². The summed E-state index contributed by atoms with van der Waals surface area (Å²) in [7, 11) is 1.70. The minimum atomic E-state index is -1.15. The molecule has 2 atom stereocenters. The fourth-order valence-electron chi connectivity index (χ4n) is 3.09. The van der Waals surface area contributed by atoms with Crippen molar-refractivity contribution >= 4 is 52.6 Å². The zero-order valence-electron chi connectivity index (χ0n) is 15.1. The van der Waals surface area contributed by atoms with Gasteiger partial charge in [-0.15, -0.1) is 28.2 Å². The molecule has 2 N–H and O–H groups in total. The third kappa shape index (κ3) is 3.89. The van der Waals surface area contributed by atoms with Crippen molar-refractivity contribution in [2.24, 2.45) is 7.05 Å². The molecule has 2 amide bonds. The maximum absolute atomic E-state index is 12.6. The highest BCUT2D eigenvalue weighted by Crippen LogP contribution is 2.41. The van der Waals surface area contributed by atoms with Crippen LogP contribution in [0.3, 0.4) is 0 Å². The second-order valence-electron chi connectivity index (χ2n) is 6.34. The molecule has 2 aliphatic rings. The maximum atomic E-state index is 12.6. The molecule has 2 aromatic heterocycles. The van der Waals surface area contributed by atoms with Crippen LogP contribution in [0.5, 0.6) is 0 Å². The summed E-state index contributed by atoms with van der Waals surface area (Å²) < 4.78 is 1.50. The van der Waals surface area contributed by atoms with Crippen molar-refractivity contribution in [1.29, 1.82) is 0 Å². The lowest BCUT2D eigenvalue weighted by Gasteiger charge is -2.49. The van der Waals surface area contributed by atoms with E-state index in [0.717, 1.165) is 4.88 Å². The standard InChI is InChI=1S/C16H16N6O4S3/c1-21-16(18-19-20-21)29-7-8-6-28-14-11(13(24)22(14)12(8)15(25)26)17-10(23)5-9-3-2-4-27-9/h2-4,11,14H,5-7H2,1H3,(H,17,23)(H,25,26)/t11?,14-/m1/s1. The van der Waals surface area contributed by atoms with Gasteiger partial charge < -0.3 is 10.4 Å². The van der Waals surface area contributed by atoms with Gasteiger partial charge in [0.1, 0.15) is 17.1 Å². The van der Waals surface area contributed by atoms with Gasteiger partial charge in [0.15, 0.2) is 0 Å². The Morgan fingerprint density at radius 2 is 2.28 bits per heavy atom. The molecule has 0 spiro atoms. The van der Waals surface area contributed by atoms with Gasteiger partial charge in [-0.1, -0.05) is 17.8 Å². The van der Waals surface area contributed by atoms with Crippen LogP contribution in [0, 0.1) is 0 Å². The van der Waals surface area contributed by atoms with Gasteiger partial charge in [-0.25, -0.2) is 9.48 Å². The lowest BCUT2D eigenvalue weighted by Crippen LogP contribution is -2.70. The first-order chi connectivity index (χ1) is 14.0. The van der Waals surface area contributed by atoms with E-state index in [4.69, 9.17) is 0 Å². The predicted octanol–water partition coefficient (Wildman–Crippen LogP) is 0.345. The number of hydrogen-bond acceptors (Lipinski definition) is 9. The number of β-lactam (4-membered cyclic amide) rings is 1. The molecular formula is C16H16N6O4S3. The van der Waals surface area contributed by atoms with E-state index in [1.54, 1.807) is 7.05 Å². The number of carbonyl (C=O) groups excluding carboxylic acids is 2. The molecule has 0 aliphatic carbocycles. The smallest absolute Gasteiger partial charge is 0.352 e. The van der Waals surface area contributed by atoms with Crippen molar-refractivity contribution in [3.05, 3.63) is 33.7 Å². The molecule has 4 rings (SSSR count). The average Bonchev–Trinajstić information content (AvgIpc) is 3.35. The number of aromatic nitrogens is 4. The summed E-state index contributed by atoms with van der Waals surface area (Å²) in [6.45, 7) is 0. The van der Waals surface area contributed by atoms with E-state index < -0.39 is 23.3 Å². The second kappa shape index (κ2) is 8.16. The van der Waals surface area contributed by atoms with Crippen LogP contribution < -0.4 is 5.32 Å². The van der Waals surface area contributed by atoms with Crippen molar-refractivity contribution in [3.8, 4) is 0 Å². The second-order valence-corrected chi connectivity index (χ2v) is 9.42. The number of tetrazole rings is 1. The number of nitrogens with zero attached hydrogens (tertiary/aromatic N) is 5. The number of carboxylic acid groups (broad SMARTS) is 1. The van der Waals surface area contributed by atoms with Crippen molar-refractivity contribution in [1.82, 2.24) is 30.4 Å². The summed E-state index contributed by atoms with van der Waals surface area (Å²) in [5, 5.41) is 25.6. The van der Waals surface area contributed by atoms with Gasteiger partial charge in [-0.2, -0.15) is 0 Å². The summed E-state index contributed by atoms with van der Waals surface area (Å²) in [5.41, 5.74) is 0.619. The Kier molecular flexibility index (Phi) is 5.61. The first kappa shape index (κ1) is 19.9. The van der Waals surface area contributed by atoms with Crippen molar-refractivity contribution < 1.29 is 19.5 Å². The van der Waals surface area contributed by atoms with Crippen LogP contribution in [0.4, 0.5) is 0 Å². The molecule has 1 saturated heterocycles. The van der Waals surface area contributed by atoms with Gasteiger partial charge in [0.25, 0.3) is 5.91 Å². The van der Waals surface area contributed by atoms with Crippen LogP contribution in [0.2, 0.25) is 0 Å². The van der Waals surface area contributed by atoms with Gasteiger partial charge >= 0.3 is 5.97 Å². The predicted molar refractivity (Wildman–Crippen MR) is 107 cm³/mol. The molecule has 2 aliphatic heterocycles. The van der Waals surface area contributed by atoms with Crippen molar-refractivity contribution in [2.45, 2.75) is 23.0 Å². The Labute approximate surface area is 177 Å². The van der Waals surface area contributed by atoms with Crippen molar-refractivity contribution in [3.63, 3.8) is 0 Å². The van der Waals surface area contributed by atoms with Gasteiger partial charge in [-0.3, -0.25) is 14.5 Å². The van der Waals surface area contributed by atoms with E-state index in [-0.39, 0.29) is 18.0 Å². The molecule has 2 aromatic rings. The van der Waals surface area contributed by atoms with E-state index in [9.17, 15) is 19.5 Å². The van der Waals surface area contributed by atoms with Gasteiger partial charge in [0.2, 0.25) is 11.1 Å². The number of nitrogens with one attached hydrogen (secondary N) is 1. The fraction of sp³-hybridized carbons (Fsp3) is 0.375. The minimum Gasteiger partial charge on any atom is -0.477 e. The molecule has 0 saturated carbocycles. The number of carbonyl (C=O) groups is 3. The quantitative estimate of drug-likeness (QED) is 0.451. The molecule has 0 radical (unpaired) electrons. The number of thioether (sulfide) groups is 2. The SMILES string of the molecule is Cn1nnnc1SCC1=C(C(=O)O)N2C(=O)C(NC(=O)Cc3cccs3)[C@H]2SC1. The minimum absolute atomic E-state index is 0.00914. The van der Waals surface area contributed by atoms with Crippen molar-refractivity contribution in [2.75, 3.05) is 11.5 Å². The molecule has 1 unspecified atom stereocenters. The Morgan fingerprint density at radius 3 is 2.93 bits per heavy atom. The summed E-state index contributed by atoms with van der Waals surface area (Å²) in [4.78, 5) is 38.9. The number of thiophene rings is 1. The molecule has 0 aromatic carbocycles. The third-order valence-corrected chi connectivity index (χ3v) is 7.75. The summed E-state index contributed by atoms with van der Waals surface area (Å²) in [5.74, 6) is -0.996. The lowest BCUT2D eigenvalue weighted by atomic mass is 10.0. The van der Waals surface area contributed by atoms with E-state index >= 15 is 0 Å². The molecule has 1 fully saturated rings. The van der Waals surface area contributed by atoms with E-state index in [2.05, 4.69) is 20.8 Å².